The van der Waals surface area contributed by atoms with Crippen LogP contribution in [0.15, 0.2) is 24.3 Å². The first-order valence-electron chi connectivity index (χ1n) is 4.61. The number of rotatable bonds is 4. The SMILES string of the molecule is Cc1ccccc1CCCB(O)O. The van der Waals surface area contributed by atoms with Gasteiger partial charge in [0, 0.05) is 0 Å². The Labute approximate surface area is 79.4 Å². The Morgan fingerprint density at radius 2 is 1.92 bits per heavy atom. The summed E-state index contributed by atoms with van der Waals surface area (Å²) in [5, 5.41) is 17.3. The lowest BCUT2D eigenvalue weighted by molar-refractivity contribution is 0.403. The molecule has 1 rings (SSSR count). The molecular formula is C10H15BO2. The molecule has 0 bridgehead atoms. The second-order valence-corrected chi connectivity index (χ2v) is 3.30. The summed E-state index contributed by atoms with van der Waals surface area (Å²) in [6.45, 7) is 2.07. The van der Waals surface area contributed by atoms with E-state index in [1.165, 1.54) is 11.1 Å². The molecule has 0 aromatic heterocycles. The van der Waals surface area contributed by atoms with Crippen LogP contribution in [0, 0.1) is 6.92 Å². The summed E-state index contributed by atoms with van der Waals surface area (Å²) < 4.78 is 0. The molecule has 0 aliphatic rings. The van der Waals surface area contributed by atoms with Crippen molar-refractivity contribution in [1.29, 1.82) is 0 Å². The van der Waals surface area contributed by atoms with Gasteiger partial charge < -0.3 is 10.0 Å². The third-order valence-corrected chi connectivity index (χ3v) is 2.17. The molecule has 0 atom stereocenters. The highest BCUT2D eigenvalue weighted by molar-refractivity contribution is 6.40. The van der Waals surface area contributed by atoms with E-state index in [-0.39, 0.29) is 0 Å². The molecule has 2 N–H and O–H groups in total. The van der Waals surface area contributed by atoms with Gasteiger partial charge in [0.1, 0.15) is 0 Å². The van der Waals surface area contributed by atoms with E-state index in [1.54, 1.807) is 0 Å². The molecule has 0 aliphatic heterocycles. The zero-order valence-corrected chi connectivity index (χ0v) is 7.90. The third-order valence-electron chi connectivity index (χ3n) is 2.17. The molecule has 0 saturated heterocycles. The fourth-order valence-corrected chi connectivity index (χ4v) is 1.37. The molecular weight excluding hydrogens is 163 g/mol. The second-order valence-electron chi connectivity index (χ2n) is 3.30. The summed E-state index contributed by atoms with van der Waals surface area (Å²) in [5.41, 5.74) is 2.57. The van der Waals surface area contributed by atoms with Crippen LogP contribution in [0.1, 0.15) is 17.5 Å². The Balaban J connectivity index is 2.41. The highest BCUT2D eigenvalue weighted by Crippen LogP contribution is 2.10. The van der Waals surface area contributed by atoms with Crippen molar-refractivity contribution in [1.82, 2.24) is 0 Å². The molecule has 13 heavy (non-hydrogen) atoms. The Morgan fingerprint density at radius 1 is 1.23 bits per heavy atom. The standard InChI is InChI=1S/C10H15BO2/c1-9-5-2-3-6-10(9)7-4-8-11(12)13/h2-3,5-6,12-13H,4,7-8H2,1H3. The Kier molecular flexibility index (Phi) is 3.99. The van der Waals surface area contributed by atoms with E-state index in [4.69, 9.17) is 10.0 Å². The minimum atomic E-state index is -1.16. The molecule has 0 heterocycles. The molecule has 1 aromatic carbocycles. The fraction of sp³-hybridized carbons (Fsp3) is 0.400. The van der Waals surface area contributed by atoms with Gasteiger partial charge in [-0.25, -0.2) is 0 Å². The molecule has 2 nitrogen and oxygen atoms in total. The number of aryl methyl sites for hydroxylation is 2. The molecule has 0 fully saturated rings. The maximum Gasteiger partial charge on any atom is 0.451 e. The monoisotopic (exact) mass is 178 g/mol. The summed E-state index contributed by atoms with van der Waals surface area (Å²) in [6, 6.07) is 8.18. The van der Waals surface area contributed by atoms with E-state index in [0.29, 0.717) is 6.32 Å². The summed E-state index contributed by atoms with van der Waals surface area (Å²) in [4.78, 5) is 0. The van der Waals surface area contributed by atoms with Crippen molar-refractivity contribution in [3.63, 3.8) is 0 Å². The van der Waals surface area contributed by atoms with Crippen molar-refractivity contribution in [2.24, 2.45) is 0 Å². The molecule has 3 heteroatoms. The van der Waals surface area contributed by atoms with Crippen molar-refractivity contribution >= 4 is 7.12 Å². The molecule has 0 unspecified atom stereocenters. The minimum Gasteiger partial charge on any atom is -0.427 e. The lowest BCUT2D eigenvalue weighted by Crippen LogP contribution is -2.10. The number of hydrogen-bond acceptors (Lipinski definition) is 2. The van der Waals surface area contributed by atoms with Crippen LogP contribution in [0.4, 0.5) is 0 Å². The molecule has 0 radical (unpaired) electrons. The van der Waals surface area contributed by atoms with Gasteiger partial charge >= 0.3 is 7.12 Å². The van der Waals surface area contributed by atoms with Crippen LogP contribution in [0.2, 0.25) is 6.32 Å². The van der Waals surface area contributed by atoms with Crippen LogP contribution < -0.4 is 0 Å². The Bertz CT molecular complexity index is 261. The predicted molar refractivity (Wildman–Crippen MR) is 54.5 cm³/mol. The zero-order chi connectivity index (χ0) is 9.68. The maximum absolute atomic E-state index is 8.66. The molecule has 0 saturated carbocycles. The van der Waals surface area contributed by atoms with Crippen molar-refractivity contribution in [2.75, 3.05) is 0 Å². The van der Waals surface area contributed by atoms with Gasteiger partial charge in [0.05, 0.1) is 0 Å². The largest absolute Gasteiger partial charge is 0.451 e. The zero-order valence-electron chi connectivity index (χ0n) is 7.90. The predicted octanol–water partition coefficient (Wildman–Crippen LogP) is 1.40. The van der Waals surface area contributed by atoms with E-state index in [1.807, 2.05) is 12.1 Å². The quantitative estimate of drug-likeness (QED) is 0.684. The summed E-state index contributed by atoms with van der Waals surface area (Å²) in [7, 11) is -1.16. The van der Waals surface area contributed by atoms with E-state index in [2.05, 4.69) is 19.1 Å². The first kappa shape index (κ1) is 10.3. The van der Waals surface area contributed by atoms with Gasteiger partial charge in [-0.2, -0.15) is 0 Å². The fourth-order valence-electron chi connectivity index (χ4n) is 1.37. The van der Waals surface area contributed by atoms with Crippen LogP contribution in [-0.4, -0.2) is 17.2 Å². The van der Waals surface area contributed by atoms with Crippen LogP contribution in [0.25, 0.3) is 0 Å². The first-order chi connectivity index (χ1) is 6.20. The lowest BCUT2D eigenvalue weighted by atomic mass is 9.83. The Hall–Kier alpha value is -0.795. The smallest absolute Gasteiger partial charge is 0.427 e. The van der Waals surface area contributed by atoms with Crippen molar-refractivity contribution in [3.8, 4) is 0 Å². The second kappa shape index (κ2) is 5.05. The normalized spacial score (nSPS) is 10.1. The first-order valence-corrected chi connectivity index (χ1v) is 4.61. The molecule has 0 aliphatic carbocycles. The molecule has 70 valence electrons. The van der Waals surface area contributed by atoms with Crippen LogP contribution in [0.3, 0.4) is 0 Å². The minimum absolute atomic E-state index is 0.453. The number of hydrogen-bond donors (Lipinski definition) is 2. The summed E-state index contributed by atoms with van der Waals surface area (Å²) in [6.07, 6.45) is 2.20. The summed E-state index contributed by atoms with van der Waals surface area (Å²) >= 11 is 0. The highest BCUT2D eigenvalue weighted by atomic mass is 16.4. The van der Waals surface area contributed by atoms with E-state index in [9.17, 15) is 0 Å². The van der Waals surface area contributed by atoms with Crippen molar-refractivity contribution < 1.29 is 10.0 Å². The third kappa shape index (κ3) is 3.62. The average Bonchev–Trinajstić information content (AvgIpc) is 2.08. The van der Waals surface area contributed by atoms with Crippen LogP contribution in [-0.2, 0) is 6.42 Å². The molecule has 0 spiro atoms. The van der Waals surface area contributed by atoms with Gasteiger partial charge in [-0.15, -0.1) is 0 Å². The Morgan fingerprint density at radius 3 is 2.54 bits per heavy atom. The lowest BCUT2D eigenvalue weighted by Gasteiger charge is -2.04. The number of benzene rings is 1. The van der Waals surface area contributed by atoms with Crippen molar-refractivity contribution in [3.05, 3.63) is 35.4 Å². The van der Waals surface area contributed by atoms with Gasteiger partial charge in [-0.05, 0) is 30.8 Å². The van der Waals surface area contributed by atoms with Crippen LogP contribution >= 0.6 is 0 Å². The van der Waals surface area contributed by atoms with Gasteiger partial charge in [0.2, 0.25) is 0 Å². The van der Waals surface area contributed by atoms with Gasteiger partial charge in [-0.3, -0.25) is 0 Å². The topological polar surface area (TPSA) is 40.5 Å². The van der Waals surface area contributed by atoms with Crippen molar-refractivity contribution in [2.45, 2.75) is 26.1 Å². The summed E-state index contributed by atoms with van der Waals surface area (Å²) in [5.74, 6) is 0. The van der Waals surface area contributed by atoms with E-state index >= 15 is 0 Å². The van der Waals surface area contributed by atoms with Gasteiger partial charge in [0.25, 0.3) is 0 Å². The molecule has 0 amide bonds. The average molecular weight is 178 g/mol. The van der Waals surface area contributed by atoms with Crippen LogP contribution in [0.5, 0.6) is 0 Å². The van der Waals surface area contributed by atoms with E-state index < -0.39 is 7.12 Å². The molecule has 1 aromatic rings. The highest BCUT2D eigenvalue weighted by Gasteiger charge is 2.05. The van der Waals surface area contributed by atoms with Gasteiger partial charge in [-0.1, -0.05) is 30.7 Å². The van der Waals surface area contributed by atoms with Gasteiger partial charge in [0.15, 0.2) is 0 Å². The maximum atomic E-state index is 8.66. The van der Waals surface area contributed by atoms with E-state index in [0.717, 1.165) is 12.8 Å².